The molecule has 11 nitrogen and oxygen atoms in total. The minimum atomic E-state index is -3.80. The van der Waals surface area contributed by atoms with Crippen molar-refractivity contribution in [3.63, 3.8) is 0 Å². The Morgan fingerprint density at radius 3 is 1.55 bits per heavy atom. The molecule has 0 spiro atoms. The lowest BCUT2D eigenvalue weighted by Crippen LogP contribution is -2.25. The lowest BCUT2D eigenvalue weighted by Gasteiger charge is -2.08. The van der Waals surface area contributed by atoms with Crippen molar-refractivity contribution in [3.8, 4) is 0 Å². The number of rotatable bonds is 8. The number of hydrogen-bond acceptors (Lipinski definition) is 8. The maximum atomic E-state index is 11.8. The minimum Gasteiger partial charge on any atom is -0.258 e. The van der Waals surface area contributed by atoms with E-state index in [2.05, 4.69) is 4.72 Å². The summed E-state index contributed by atoms with van der Waals surface area (Å²) in [4.78, 5) is 19.3. The van der Waals surface area contributed by atoms with Gasteiger partial charge in [-0.15, -0.1) is 0 Å². The smallest absolute Gasteiger partial charge is 0.258 e. The van der Waals surface area contributed by atoms with Crippen LogP contribution in [0.5, 0.6) is 0 Å². The van der Waals surface area contributed by atoms with Crippen LogP contribution in [0.3, 0.4) is 0 Å². The quantitative estimate of drug-likeness (QED) is 0.331. The summed E-state index contributed by atoms with van der Waals surface area (Å²) in [7, 11) is -2.37. The minimum absolute atomic E-state index is 0.0388. The average molecular weight is 494 g/mol. The van der Waals surface area contributed by atoms with Gasteiger partial charge in [0, 0.05) is 41.5 Å². The summed E-state index contributed by atoms with van der Waals surface area (Å²) in [5.74, 6) is 0.407. The topological polar surface area (TPSA) is 167 Å². The summed E-state index contributed by atoms with van der Waals surface area (Å²) in [6.45, 7) is 4.36. The monoisotopic (exact) mass is 493 g/mol. The zero-order valence-corrected chi connectivity index (χ0v) is 18.9. The number of halogens is 1. The molecule has 0 saturated heterocycles. The van der Waals surface area contributed by atoms with Crippen LogP contribution >= 0.6 is 10.7 Å². The Labute approximate surface area is 183 Å². The number of sulfonamides is 1. The molecule has 14 heteroatoms. The fourth-order valence-corrected chi connectivity index (χ4v) is 3.86. The maximum absolute atomic E-state index is 11.8. The van der Waals surface area contributed by atoms with Crippen molar-refractivity contribution in [2.45, 2.75) is 30.1 Å². The summed E-state index contributed by atoms with van der Waals surface area (Å²) in [5.41, 5.74) is -0.305. The molecule has 0 atom stereocenters. The van der Waals surface area contributed by atoms with Crippen LogP contribution in [0.1, 0.15) is 20.3 Å². The number of nitrogens with zero attached hydrogens (tertiary/aromatic N) is 2. The van der Waals surface area contributed by atoms with Gasteiger partial charge >= 0.3 is 0 Å². The maximum Gasteiger partial charge on any atom is 0.269 e. The van der Waals surface area contributed by atoms with E-state index in [9.17, 15) is 37.1 Å². The average Bonchev–Trinajstić information content (AvgIpc) is 2.67. The van der Waals surface area contributed by atoms with Crippen molar-refractivity contribution in [1.29, 1.82) is 0 Å². The summed E-state index contributed by atoms with van der Waals surface area (Å²) in [6, 6.07) is 9.14. The van der Waals surface area contributed by atoms with Crippen LogP contribution in [-0.2, 0) is 19.1 Å². The third-order valence-electron chi connectivity index (χ3n) is 3.70. The third kappa shape index (κ3) is 8.96. The molecule has 2 rings (SSSR count). The zero-order valence-electron chi connectivity index (χ0n) is 16.5. The molecular weight excluding hydrogens is 474 g/mol. The van der Waals surface area contributed by atoms with Crippen LogP contribution < -0.4 is 4.72 Å². The van der Waals surface area contributed by atoms with Gasteiger partial charge in [0.1, 0.15) is 0 Å². The normalized spacial score (nSPS) is 11.5. The second-order valence-corrected chi connectivity index (χ2v) is 10.9. The third-order valence-corrected chi connectivity index (χ3v) is 6.55. The molecule has 2 aromatic carbocycles. The summed E-state index contributed by atoms with van der Waals surface area (Å²) in [6.07, 6.45) is 0.742. The molecule has 0 aromatic heterocycles. The lowest BCUT2D eigenvalue weighted by atomic mass is 10.1. The number of nitrogens with one attached hydrogen (secondary N) is 1. The molecule has 0 fully saturated rings. The van der Waals surface area contributed by atoms with Gasteiger partial charge in [0.25, 0.3) is 20.4 Å². The van der Waals surface area contributed by atoms with Gasteiger partial charge in [-0.1, -0.05) is 13.8 Å². The fraction of sp³-hybridized carbons (Fsp3) is 0.294. The Bertz CT molecular complexity index is 1120. The molecule has 0 radical (unpaired) electrons. The molecule has 0 heterocycles. The highest BCUT2D eigenvalue weighted by Crippen LogP contribution is 2.18. The van der Waals surface area contributed by atoms with E-state index in [0.29, 0.717) is 12.5 Å². The van der Waals surface area contributed by atoms with Crippen LogP contribution in [0.15, 0.2) is 58.3 Å². The first-order chi connectivity index (χ1) is 14.2. The molecule has 0 bridgehead atoms. The molecule has 2 aromatic rings. The van der Waals surface area contributed by atoms with Crippen LogP contribution in [0, 0.1) is 26.1 Å². The van der Waals surface area contributed by atoms with Gasteiger partial charge in [-0.3, -0.25) is 20.2 Å². The second-order valence-electron chi connectivity index (χ2n) is 6.52. The fourth-order valence-electron chi connectivity index (χ4n) is 2.04. The molecule has 0 aliphatic rings. The van der Waals surface area contributed by atoms with Gasteiger partial charge in [-0.2, -0.15) is 0 Å². The van der Waals surface area contributed by atoms with Crippen molar-refractivity contribution < 1.29 is 26.7 Å². The highest BCUT2D eigenvalue weighted by molar-refractivity contribution is 8.13. The first-order valence-corrected chi connectivity index (χ1v) is 12.5. The second kappa shape index (κ2) is 11.1. The van der Waals surface area contributed by atoms with Gasteiger partial charge in [0.05, 0.1) is 19.6 Å². The van der Waals surface area contributed by atoms with Gasteiger partial charge in [-0.05, 0) is 36.6 Å². The van der Waals surface area contributed by atoms with E-state index in [0.717, 1.165) is 30.7 Å². The largest absolute Gasteiger partial charge is 0.269 e. The molecule has 0 amide bonds. The molecule has 31 heavy (non-hydrogen) atoms. The van der Waals surface area contributed by atoms with Crippen LogP contribution in [0.25, 0.3) is 0 Å². The lowest BCUT2D eigenvalue weighted by molar-refractivity contribution is -0.385. The van der Waals surface area contributed by atoms with Crippen molar-refractivity contribution in [3.05, 3.63) is 68.8 Å². The van der Waals surface area contributed by atoms with Crippen molar-refractivity contribution in [2.75, 3.05) is 6.54 Å². The standard InChI is InChI=1S/C11H16N2O4S.C6H4ClNO4S/c1-9(2)7-8-12-18(16,17)11-5-3-10(4-6-11)13(14)15;7-13(11,12)6-3-1-5(2-4-6)8(9)10/h3-6,9,12H,7-8H2,1-2H3;1-4H. The Morgan fingerprint density at radius 2 is 1.23 bits per heavy atom. The molecule has 170 valence electrons. The van der Waals surface area contributed by atoms with E-state index in [1.807, 2.05) is 13.8 Å². The Morgan fingerprint density at radius 1 is 0.839 bits per heavy atom. The van der Waals surface area contributed by atoms with E-state index in [1.54, 1.807) is 0 Å². The Balaban J connectivity index is 0.000000327. The predicted octanol–water partition coefficient (Wildman–Crippen LogP) is 3.44. The van der Waals surface area contributed by atoms with E-state index in [-0.39, 0.29) is 21.2 Å². The Kier molecular flexibility index (Phi) is 9.49. The van der Waals surface area contributed by atoms with Gasteiger partial charge in [0.15, 0.2) is 0 Å². The van der Waals surface area contributed by atoms with Crippen LogP contribution in [0.4, 0.5) is 11.4 Å². The zero-order chi connectivity index (χ0) is 23.8. The number of nitro groups is 2. The van der Waals surface area contributed by atoms with Crippen molar-refractivity contribution in [1.82, 2.24) is 4.72 Å². The number of benzene rings is 2. The number of hydrogen-bond donors (Lipinski definition) is 1. The van der Waals surface area contributed by atoms with Gasteiger partial charge in [0.2, 0.25) is 10.0 Å². The number of nitro benzene ring substituents is 2. The van der Waals surface area contributed by atoms with Gasteiger partial charge < -0.3 is 0 Å². The number of non-ortho nitro benzene ring substituents is 2. The first-order valence-electron chi connectivity index (χ1n) is 8.67. The SMILES string of the molecule is CC(C)CCNS(=O)(=O)c1ccc([N+](=O)[O-])cc1.O=[N+]([O-])c1ccc(S(=O)(=O)Cl)cc1. The van der Waals surface area contributed by atoms with E-state index in [1.165, 1.54) is 24.3 Å². The Hall–Kier alpha value is -2.61. The van der Waals surface area contributed by atoms with E-state index < -0.39 is 28.9 Å². The van der Waals surface area contributed by atoms with Gasteiger partial charge in [-0.25, -0.2) is 21.6 Å². The van der Waals surface area contributed by atoms with Crippen LogP contribution in [0.2, 0.25) is 0 Å². The molecule has 0 saturated carbocycles. The van der Waals surface area contributed by atoms with Crippen molar-refractivity contribution >= 4 is 41.1 Å². The van der Waals surface area contributed by atoms with Crippen molar-refractivity contribution in [2.24, 2.45) is 5.92 Å². The molecule has 0 aliphatic heterocycles. The highest BCUT2D eigenvalue weighted by Gasteiger charge is 2.15. The molecule has 0 aliphatic carbocycles. The summed E-state index contributed by atoms with van der Waals surface area (Å²) >= 11 is 0. The summed E-state index contributed by atoms with van der Waals surface area (Å²) < 4.78 is 47.5. The molecular formula is C17H20ClN3O8S2. The highest BCUT2D eigenvalue weighted by atomic mass is 35.7. The molecule has 1 N–H and O–H groups in total. The van der Waals surface area contributed by atoms with E-state index >= 15 is 0 Å². The molecule has 0 unspecified atom stereocenters. The summed E-state index contributed by atoms with van der Waals surface area (Å²) in [5, 5.41) is 20.6. The predicted molar refractivity (Wildman–Crippen MR) is 114 cm³/mol. The first kappa shape index (κ1) is 26.4. The van der Waals surface area contributed by atoms with E-state index in [4.69, 9.17) is 10.7 Å². The van der Waals surface area contributed by atoms with Crippen LogP contribution in [-0.4, -0.2) is 33.2 Å².